The van der Waals surface area contributed by atoms with E-state index in [0.29, 0.717) is 6.54 Å². The normalized spacial score (nSPS) is 16.7. The maximum atomic E-state index is 12.3. The van der Waals surface area contributed by atoms with Gasteiger partial charge in [-0.2, -0.15) is 0 Å². The fraction of sp³-hybridized carbons (Fsp3) is 0.350. The summed E-state index contributed by atoms with van der Waals surface area (Å²) in [6.07, 6.45) is 3.81. The van der Waals surface area contributed by atoms with Gasteiger partial charge in [0.1, 0.15) is 0 Å². The first-order valence-electron chi connectivity index (χ1n) is 8.47. The number of amides is 1. The van der Waals surface area contributed by atoms with Gasteiger partial charge in [-0.25, -0.2) is 0 Å². The molecule has 0 aliphatic carbocycles. The van der Waals surface area contributed by atoms with E-state index in [1.165, 1.54) is 24.8 Å². The predicted molar refractivity (Wildman–Crippen MR) is 93.4 cm³/mol. The summed E-state index contributed by atoms with van der Waals surface area (Å²) in [5.41, 5.74) is 2.00. The zero-order chi connectivity index (χ0) is 15.9. The summed E-state index contributed by atoms with van der Waals surface area (Å²) < 4.78 is 0. The van der Waals surface area contributed by atoms with Gasteiger partial charge in [-0.1, -0.05) is 55.0 Å². The lowest BCUT2D eigenvalue weighted by molar-refractivity contribution is 0.0924. The molecular weight excluding hydrogens is 284 g/mol. The zero-order valence-corrected chi connectivity index (χ0v) is 13.4. The van der Waals surface area contributed by atoms with Crippen LogP contribution in [0.4, 0.5) is 0 Å². The molecule has 0 unspecified atom stereocenters. The lowest BCUT2D eigenvalue weighted by atomic mass is 10.0. The minimum atomic E-state index is 0.00328. The van der Waals surface area contributed by atoms with Gasteiger partial charge in [-0.05, 0) is 43.6 Å². The molecule has 23 heavy (non-hydrogen) atoms. The molecule has 1 fully saturated rings. The number of rotatable bonds is 5. The SMILES string of the molecule is O=C(NC[C@@H](c1ccccc1)N1CCCCC1)c1ccccc1. The molecule has 1 aliphatic heterocycles. The Bertz CT molecular complexity index is 606. The quantitative estimate of drug-likeness (QED) is 0.914. The second-order valence-corrected chi connectivity index (χ2v) is 6.10. The molecule has 1 atom stereocenters. The number of likely N-dealkylation sites (tertiary alicyclic amines) is 1. The molecule has 1 N–H and O–H groups in total. The summed E-state index contributed by atoms with van der Waals surface area (Å²) in [6, 6.07) is 20.2. The van der Waals surface area contributed by atoms with Crippen LogP contribution in [0.25, 0.3) is 0 Å². The highest BCUT2D eigenvalue weighted by Crippen LogP contribution is 2.24. The van der Waals surface area contributed by atoms with E-state index in [2.05, 4.69) is 34.5 Å². The number of piperidine rings is 1. The van der Waals surface area contributed by atoms with Crippen molar-refractivity contribution < 1.29 is 4.79 Å². The van der Waals surface area contributed by atoms with E-state index in [4.69, 9.17) is 0 Å². The van der Waals surface area contributed by atoms with Crippen LogP contribution in [0, 0.1) is 0 Å². The van der Waals surface area contributed by atoms with Gasteiger partial charge < -0.3 is 5.32 Å². The monoisotopic (exact) mass is 308 g/mol. The van der Waals surface area contributed by atoms with Gasteiger partial charge >= 0.3 is 0 Å². The molecule has 1 aliphatic rings. The van der Waals surface area contributed by atoms with Crippen molar-refractivity contribution in [3.8, 4) is 0 Å². The number of hydrogen-bond acceptors (Lipinski definition) is 2. The Labute approximate surface area is 138 Å². The molecule has 3 rings (SSSR count). The van der Waals surface area contributed by atoms with Gasteiger partial charge in [0.05, 0.1) is 6.04 Å². The molecule has 0 spiro atoms. The van der Waals surface area contributed by atoms with Crippen molar-refractivity contribution in [2.24, 2.45) is 0 Å². The molecular formula is C20H24N2O. The highest BCUT2D eigenvalue weighted by atomic mass is 16.1. The third-order valence-corrected chi connectivity index (χ3v) is 4.51. The summed E-state index contributed by atoms with van der Waals surface area (Å²) in [5, 5.41) is 3.11. The molecule has 1 heterocycles. The van der Waals surface area contributed by atoms with Gasteiger partial charge in [-0.15, -0.1) is 0 Å². The van der Waals surface area contributed by atoms with Crippen LogP contribution in [0.5, 0.6) is 0 Å². The van der Waals surface area contributed by atoms with Crippen molar-refractivity contribution in [1.82, 2.24) is 10.2 Å². The highest BCUT2D eigenvalue weighted by molar-refractivity contribution is 5.94. The van der Waals surface area contributed by atoms with Crippen molar-refractivity contribution in [2.75, 3.05) is 19.6 Å². The minimum Gasteiger partial charge on any atom is -0.350 e. The first kappa shape index (κ1) is 15.8. The van der Waals surface area contributed by atoms with Crippen LogP contribution >= 0.6 is 0 Å². The standard InChI is InChI=1S/C20H24N2O/c23-20(18-12-6-2-7-13-18)21-16-19(17-10-4-1-5-11-17)22-14-8-3-9-15-22/h1-2,4-7,10-13,19H,3,8-9,14-16H2,(H,21,23)/t19-/m0/s1. The lowest BCUT2D eigenvalue weighted by Crippen LogP contribution is -2.40. The number of carbonyl (C=O) groups is 1. The zero-order valence-electron chi connectivity index (χ0n) is 13.4. The molecule has 0 aromatic heterocycles. The van der Waals surface area contributed by atoms with E-state index < -0.39 is 0 Å². The Balaban J connectivity index is 1.70. The smallest absolute Gasteiger partial charge is 0.251 e. The average Bonchev–Trinajstić information content (AvgIpc) is 2.64. The molecule has 1 amide bonds. The van der Waals surface area contributed by atoms with Crippen molar-refractivity contribution >= 4 is 5.91 Å². The third-order valence-electron chi connectivity index (χ3n) is 4.51. The van der Waals surface area contributed by atoms with E-state index in [-0.39, 0.29) is 11.9 Å². The number of hydrogen-bond donors (Lipinski definition) is 1. The van der Waals surface area contributed by atoms with Crippen LogP contribution in [0.3, 0.4) is 0 Å². The molecule has 0 radical (unpaired) electrons. The molecule has 0 saturated carbocycles. The van der Waals surface area contributed by atoms with E-state index in [0.717, 1.165) is 18.7 Å². The Kier molecular flexibility index (Phi) is 5.43. The summed E-state index contributed by atoms with van der Waals surface area (Å²) >= 11 is 0. The maximum Gasteiger partial charge on any atom is 0.251 e. The van der Waals surface area contributed by atoms with Crippen LogP contribution in [0.15, 0.2) is 60.7 Å². The highest BCUT2D eigenvalue weighted by Gasteiger charge is 2.22. The maximum absolute atomic E-state index is 12.3. The Hall–Kier alpha value is -2.13. The van der Waals surface area contributed by atoms with Crippen molar-refractivity contribution in [2.45, 2.75) is 25.3 Å². The summed E-state index contributed by atoms with van der Waals surface area (Å²) in [7, 11) is 0. The van der Waals surface area contributed by atoms with E-state index in [9.17, 15) is 4.79 Å². The second-order valence-electron chi connectivity index (χ2n) is 6.10. The third kappa shape index (κ3) is 4.20. The summed E-state index contributed by atoms with van der Waals surface area (Å²) in [6.45, 7) is 2.87. The Morgan fingerprint density at radius 1 is 0.913 bits per heavy atom. The van der Waals surface area contributed by atoms with E-state index in [1.54, 1.807) is 0 Å². The Morgan fingerprint density at radius 3 is 2.17 bits per heavy atom. The number of nitrogens with one attached hydrogen (secondary N) is 1. The predicted octanol–water partition coefficient (Wildman–Crippen LogP) is 3.64. The van der Waals surface area contributed by atoms with Crippen molar-refractivity contribution in [3.63, 3.8) is 0 Å². The molecule has 0 bridgehead atoms. The van der Waals surface area contributed by atoms with Crippen molar-refractivity contribution in [3.05, 3.63) is 71.8 Å². The first-order chi connectivity index (χ1) is 11.3. The van der Waals surface area contributed by atoms with Crippen LogP contribution in [0.1, 0.15) is 41.2 Å². The fourth-order valence-corrected chi connectivity index (χ4v) is 3.24. The van der Waals surface area contributed by atoms with Crippen LogP contribution in [-0.4, -0.2) is 30.4 Å². The topological polar surface area (TPSA) is 32.3 Å². The minimum absolute atomic E-state index is 0.00328. The van der Waals surface area contributed by atoms with Gasteiger partial charge in [0.15, 0.2) is 0 Å². The van der Waals surface area contributed by atoms with Gasteiger partial charge in [0, 0.05) is 12.1 Å². The van der Waals surface area contributed by atoms with Gasteiger partial charge in [0.25, 0.3) is 5.91 Å². The van der Waals surface area contributed by atoms with E-state index in [1.807, 2.05) is 36.4 Å². The Morgan fingerprint density at radius 2 is 1.52 bits per heavy atom. The molecule has 3 nitrogen and oxygen atoms in total. The average molecular weight is 308 g/mol. The fourth-order valence-electron chi connectivity index (χ4n) is 3.24. The molecule has 2 aromatic carbocycles. The lowest BCUT2D eigenvalue weighted by Gasteiger charge is -2.35. The summed E-state index contributed by atoms with van der Waals surface area (Å²) in [5.74, 6) is 0.00328. The first-order valence-corrected chi connectivity index (χ1v) is 8.47. The molecule has 1 saturated heterocycles. The van der Waals surface area contributed by atoms with E-state index >= 15 is 0 Å². The van der Waals surface area contributed by atoms with Crippen LogP contribution in [-0.2, 0) is 0 Å². The van der Waals surface area contributed by atoms with Gasteiger partial charge in [-0.3, -0.25) is 9.69 Å². The largest absolute Gasteiger partial charge is 0.350 e. The molecule has 2 aromatic rings. The number of benzene rings is 2. The number of carbonyl (C=O) groups excluding carboxylic acids is 1. The molecule has 120 valence electrons. The van der Waals surface area contributed by atoms with Crippen LogP contribution in [0.2, 0.25) is 0 Å². The summed E-state index contributed by atoms with van der Waals surface area (Å²) in [4.78, 5) is 14.8. The molecule has 3 heteroatoms. The van der Waals surface area contributed by atoms with Crippen molar-refractivity contribution in [1.29, 1.82) is 0 Å². The second kappa shape index (κ2) is 7.93. The van der Waals surface area contributed by atoms with Gasteiger partial charge in [0.2, 0.25) is 0 Å². The number of nitrogens with zero attached hydrogens (tertiary/aromatic N) is 1. The van der Waals surface area contributed by atoms with Crippen LogP contribution < -0.4 is 5.32 Å².